The number of benzene rings is 3. The van der Waals surface area contributed by atoms with E-state index in [2.05, 4.69) is 52.9 Å². The number of nitrogens with two attached hydrogens (primary N) is 1. The minimum Gasteiger partial charge on any atom is -0.484 e. The third-order valence-electron chi connectivity index (χ3n) is 4.59. The topological polar surface area (TPSA) is 88.7 Å². The van der Waals surface area contributed by atoms with Crippen molar-refractivity contribution in [3.8, 4) is 5.75 Å². The zero-order chi connectivity index (χ0) is 20.6. The monoisotopic (exact) mass is 518 g/mol. The number of guanidine groups is 1. The van der Waals surface area contributed by atoms with Crippen LogP contribution in [0.25, 0.3) is 10.8 Å². The molecular formula is C23H27IN4O2. The van der Waals surface area contributed by atoms with Crippen LogP contribution in [0.5, 0.6) is 5.75 Å². The maximum atomic E-state index is 10.9. The largest absolute Gasteiger partial charge is 0.484 e. The normalized spacial score (nSPS) is 12.0. The van der Waals surface area contributed by atoms with Crippen molar-refractivity contribution in [3.63, 3.8) is 0 Å². The maximum absolute atomic E-state index is 10.9. The molecule has 3 aromatic carbocycles. The van der Waals surface area contributed by atoms with Gasteiger partial charge in [-0.15, -0.1) is 24.0 Å². The summed E-state index contributed by atoms with van der Waals surface area (Å²) < 4.78 is 5.35. The van der Waals surface area contributed by atoms with E-state index in [1.165, 1.54) is 16.3 Å². The second kappa shape index (κ2) is 11.4. The first kappa shape index (κ1) is 23.5. The van der Waals surface area contributed by atoms with E-state index in [-0.39, 0.29) is 36.6 Å². The van der Waals surface area contributed by atoms with E-state index in [9.17, 15) is 4.79 Å². The molecule has 1 atom stereocenters. The summed E-state index contributed by atoms with van der Waals surface area (Å²) in [6, 6.07) is 22.4. The molecule has 0 saturated heterocycles. The van der Waals surface area contributed by atoms with Crippen LogP contribution in [0.2, 0.25) is 0 Å². The van der Waals surface area contributed by atoms with Crippen LogP contribution in [0, 0.1) is 0 Å². The van der Waals surface area contributed by atoms with Crippen molar-refractivity contribution < 1.29 is 9.53 Å². The Morgan fingerprint density at radius 1 is 1.07 bits per heavy atom. The Balaban J connectivity index is 0.00000320. The maximum Gasteiger partial charge on any atom is 0.255 e. The fraction of sp³-hybridized carbons (Fsp3) is 0.217. The molecule has 0 saturated carbocycles. The van der Waals surface area contributed by atoms with Gasteiger partial charge in [0.1, 0.15) is 5.75 Å². The fourth-order valence-corrected chi connectivity index (χ4v) is 3.05. The summed E-state index contributed by atoms with van der Waals surface area (Å²) in [4.78, 5) is 15.2. The van der Waals surface area contributed by atoms with Crippen molar-refractivity contribution in [2.45, 2.75) is 19.5 Å². The van der Waals surface area contributed by atoms with E-state index in [1.54, 1.807) is 13.1 Å². The molecule has 0 bridgehead atoms. The lowest BCUT2D eigenvalue weighted by Gasteiger charge is -2.19. The number of fused-ring (bicyclic) bond motifs is 1. The molecule has 0 heterocycles. The number of amides is 1. The van der Waals surface area contributed by atoms with Crippen molar-refractivity contribution in [1.29, 1.82) is 0 Å². The third-order valence-corrected chi connectivity index (χ3v) is 4.59. The number of nitrogens with one attached hydrogen (secondary N) is 2. The third kappa shape index (κ3) is 6.62. The van der Waals surface area contributed by atoms with Gasteiger partial charge < -0.3 is 21.1 Å². The van der Waals surface area contributed by atoms with Crippen LogP contribution in [0.15, 0.2) is 71.7 Å². The zero-order valence-corrected chi connectivity index (χ0v) is 19.4. The van der Waals surface area contributed by atoms with E-state index < -0.39 is 5.91 Å². The molecular weight excluding hydrogens is 491 g/mol. The summed E-state index contributed by atoms with van der Waals surface area (Å²) in [6.07, 6.45) is 0. The van der Waals surface area contributed by atoms with Crippen molar-refractivity contribution in [3.05, 3.63) is 77.9 Å². The van der Waals surface area contributed by atoms with Crippen LogP contribution >= 0.6 is 24.0 Å². The molecule has 3 rings (SSSR count). The Morgan fingerprint density at radius 3 is 2.57 bits per heavy atom. The highest BCUT2D eigenvalue weighted by Gasteiger charge is 2.09. The second-order valence-corrected chi connectivity index (χ2v) is 6.80. The molecule has 6 nitrogen and oxygen atoms in total. The first-order valence-corrected chi connectivity index (χ1v) is 9.51. The number of aliphatic imine (C=N–C) groups is 1. The molecule has 1 amide bonds. The number of rotatable bonds is 7. The minimum atomic E-state index is -0.499. The molecule has 3 aromatic rings. The highest BCUT2D eigenvalue weighted by molar-refractivity contribution is 14.0. The Bertz CT molecular complexity index is 1020. The Kier molecular flexibility index (Phi) is 8.91. The zero-order valence-electron chi connectivity index (χ0n) is 17.1. The fourth-order valence-electron chi connectivity index (χ4n) is 3.05. The van der Waals surface area contributed by atoms with Crippen LogP contribution in [-0.4, -0.2) is 25.5 Å². The van der Waals surface area contributed by atoms with Gasteiger partial charge in [-0.05, 0) is 47.0 Å². The van der Waals surface area contributed by atoms with Gasteiger partial charge in [0.25, 0.3) is 5.91 Å². The van der Waals surface area contributed by atoms with Gasteiger partial charge in [0.05, 0.1) is 6.04 Å². The van der Waals surface area contributed by atoms with Gasteiger partial charge in [0, 0.05) is 13.6 Å². The molecule has 0 radical (unpaired) electrons. The number of hydrogen-bond acceptors (Lipinski definition) is 3. The molecule has 0 spiro atoms. The number of hydrogen-bond donors (Lipinski definition) is 3. The van der Waals surface area contributed by atoms with Crippen LogP contribution in [0.1, 0.15) is 24.1 Å². The lowest BCUT2D eigenvalue weighted by Crippen LogP contribution is -2.38. The first-order chi connectivity index (χ1) is 14.0. The molecule has 7 heteroatoms. The smallest absolute Gasteiger partial charge is 0.255 e. The van der Waals surface area contributed by atoms with Gasteiger partial charge >= 0.3 is 0 Å². The molecule has 0 aliphatic rings. The summed E-state index contributed by atoms with van der Waals surface area (Å²) in [5.74, 6) is 0.811. The summed E-state index contributed by atoms with van der Waals surface area (Å²) in [5.41, 5.74) is 7.32. The van der Waals surface area contributed by atoms with Gasteiger partial charge in [-0.3, -0.25) is 9.79 Å². The number of halogens is 1. The summed E-state index contributed by atoms with van der Waals surface area (Å²) in [6.45, 7) is 2.54. The Morgan fingerprint density at radius 2 is 1.83 bits per heavy atom. The average molecular weight is 518 g/mol. The summed E-state index contributed by atoms with van der Waals surface area (Å²) in [7, 11) is 1.74. The lowest BCUT2D eigenvalue weighted by molar-refractivity contribution is -0.119. The van der Waals surface area contributed by atoms with Crippen LogP contribution in [0.3, 0.4) is 0 Å². The van der Waals surface area contributed by atoms with Gasteiger partial charge in [-0.1, -0.05) is 48.5 Å². The van der Waals surface area contributed by atoms with Crippen LogP contribution in [0.4, 0.5) is 0 Å². The van der Waals surface area contributed by atoms with Gasteiger partial charge in [0.15, 0.2) is 12.6 Å². The molecule has 0 aliphatic carbocycles. The Labute approximate surface area is 193 Å². The number of ether oxygens (including phenoxy) is 1. The SMILES string of the molecule is CN=C(NCc1cccc(OCC(N)=O)c1)NC(C)c1ccc2ccccc2c1.I. The molecule has 158 valence electrons. The highest BCUT2D eigenvalue weighted by Crippen LogP contribution is 2.20. The lowest BCUT2D eigenvalue weighted by atomic mass is 10.0. The number of nitrogens with zero attached hydrogens (tertiary/aromatic N) is 1. The van der Waals surface area contributed by atoms with Gasteiger partial charge in [0.2, 0.25) is 0 Å². The molecule has 0 aliphatic heterocycles. The van der Waals surface area contributed by atoms with Crippen molar-refractivity contribution in [1.82, 2.24) is 10.6 Å². The van der Waals surface area contributed by atoms with Gasteiger partial charge in [-0.2, -0.15) is 0 Å². The Hall–Kier alpha value is -2.81. The summed E-state index contributed by atoms with van der Waals surface area (Å²) in [5, 5.41) is 9.17. The molecule has 0 fully saturated rings. The highest BCUT2D eigenvalue weighted by atomic mass is 127. The number of carbonyl (C=O) groups excluding carboxylic acids is 1. The van der Waals surface area contributed by atoms with Gasteiger partial charge in [-0.25, -0.2) is 0 Å². The first-order valence-electron chi connectivity index (χ1n) is 9.51. The van der Waals surface area contributed by atoms with Crippen LogP contribution < -0.4 is 21.1 Å². The molecule has 0 aromatic heterocycles. The van der Waals surface area contributed by atoms with Crippen molar-refractivity contribution in [2.75, 3.05) is 13.7 Å². The minimum absolute atomic E-state index is 0. The van der Waals surface area contributed by atoms with Crippen molar-refractivity contribution in [2.24, 2.45) is 10.7 Å². The van der Waals surface area contributed by atoms with E-state index in [0.717, 1.165) is 5.56 Å². The van der Waals surface area contributed by atoms with E-state index in [0.29, 0.717) is 18.3 Å². The van der Waals surface area contributed by atoms with Crippen LogP contribution in [-0.2, 0) is 11.3 Å². The predicted molar refractivity (Wildman–Crippen MR) is 132 cm³/mol. The number of carbonyl (C=O) groups is 1. The molecule has 30 heavy (non-hydrogen) atoms. The standard InChI is InChI=1S/C23H26N4O2.HI/c1-16(19-11-10-18-7-3-4-8-20(18)13-19)27-23(25-2)26-14-17-6-5-9-21(12-17)29-15-22(24)28;/h3-13,16H,14-15H2,1-2H3,(H2,24,28)(H2,25,26,27);1H. The average Bonchev–Trinajstić information content (AvgIpc) is 2.75. The quantitative estimate of drug-likeness (QED) is 0.253. The van der Waals surface area contributed by atoms with Crippen molar-refractivity contribution >= 4 is 46.6 Å². The summed E-state index contributed by atoms with van der Waals surface area (Å²) >= 11 is 0. The second-order valence-electron chi connectivity index (χ2n) is 6.80. The van der Waals surface area contributed by atoms with E-state index in [4.69, 9.17) is 10.5 Å². The molecule has 4 N–H and O–H groups in total. The number of primary amides is 1. The van der Waals surface area contributed by atoms with E-state index in [1.807, 2.05) is 30.3 Å². The van der Waals surface area contributed by atoms with E-state index >= 15 is 0 Å². The predicted octanol–water partition coefficient (Wildman–Crippen LogP) is 3.75. The molecule has 1 unspecified atom stereocenters.